The van der Waals surface area contributed by atoms with Gasteiger partial charge in [0.25, 0.3) is 5.91 Å². The molecule has 0 saturated heterocycles. The van der Waals surface area contributed by atoms with Crippen LogP contribution in [0.15, 0.2) is 24.3 Å². The van der Waals surface area contributed by atoms with Crippen LogP contribution in [0.2, 0.25) is 0 Å². The van der Waals surface area contributed by atoms with E-state index in [-0.39, 0.29) is 5.91 Å². The van der Waals surface area contributed by atoms with Crippen LogP contribution < -0.4 is 10.6 Å². The lowest BCUT2D eigenvalue weighted by Gasteiger charge is -2.19. The van der Waals surface area contributed by atoms with Gasteiger partial charge in [-0.05, 0) is 12.6 Å². The molecule has 1 amide bonds. The molecule has 76 valence electrons. The van der Waals surface area contributed by atoms with Crippen LogP contribution in [0.4, 0.5) is 5.69 Å². The summed E-state index contributed by atoms with van der Waals surface area (Å²) in [5, 5.41) is 14.8. The molecule has 0 aliphatic carbocycles. The van der Waals surface area contributed by atoms with Crippen LogP contribution >= 0.6 is 0 Å². The number of likely N-dealkylation sites (N-methyl/N-ethyl adjacent to an activating group) is 1. The molecule has 0 unspecified atom stereocenters. The first-order chi connectivity index (χ1) is 7.24. The molecule has 0 bridgehead atoms. The third kappa shape index (κ3) is 1.21. The number of nitriles is 1. The fourth-order valence-electron chi connectivity index (χ4n) is 1.85. The number of fused-ring (bicyclic) bond motifs is 1. The van der Waals surface area contributed by atoms with Gasteiger partial charge in [-0.15, -0.1) is 0 Å². The molecule has 4 nitrogen and oxygen atoms in total. The molecule has 0 radical (unpaired) electrons. The van der Waals surface area contributed by atoms with Crippen molar-refractivity contribution in [3.8, 4) is 6.07 Å². The third-order valence-corrected chi connectivity index (χ3v) is 2.53. The van der Waals surface area contributed by atoms with E-state index in [1.54, 1.807) is 12.1 Å². The highest BCUT2D eigenvalue weighted by molar-refractivity contribution is 6.07. The highest BCUT2D eigenvalue weighted by Crippen LogP contribution is 2.34. The Balaban J connectivity index is 2.58. The Kier molecular flexibility index (Phi) is 2.18. The fourth-order valence-corrected chi connectivity index (χ4v) is 1.85. The minimum atomic E-state index is -1.22. The first-order valence-corrected chi connectivity index (χ1v) is 4.82. The molecule has 15 heavy (non-hydrogen) atoms. The summed E-state index contributed by atoms with van der Waals surface area (Å²) in [6.07, 6.45) is 0. The number of amides is 1. The number of nitrogens with zero attached hydrogens (tertiary/aromatic N) is 1. The SMILES string of the molecule is CCN[C@]1(C#N)C(=O)Nc2ccccc21. The Morgan fingerprint density at radius 3 is 2.93 bits per heavy atom. The van der Waals surface area contributed by atoms with Gasteiger partial charge in [-0.3, -0.25) is 10.1 Å². The van der Waals surface area contributed by atoms with E-state index in [4.69, 9.17) is 0 Å². The van der Waals surface area contributed by atoms with Gasteiger partial charge in [-0.2, -0.15) is 5.26 Å². The quantitative estimate of drug-likeness (QED) is 0.749. The van der Waals surface area contributed by atoms with Gasteiger partial charge in [0.05, 0.1) is 0 Å². The van der Waals surface area contributed by atoms with Crippen molar-refractivity contribution < 1.29 is 4.79 Å². The minimum Gasteiger partial charge on any atom is -0.323 e. The second kappa shape index (κ2) is 3.37. The number of para-hydroxylation sites is 1. The zero-order valence-electron chi connectivity index (χ0n) is 8.37. The van der Waals surface area contributed by atoms with Gasteiger partial charge < -0.3 is 5.32 Å². The van der Waals surface area contributed by atoms with E-state index in [0.29, 0.717) is 17.8 Å². The van der Waals surface area contributed by atoms with E-state index in [1.807, 2.05) is 19.1 Å². The average molecular weight is 201 g/mol. The maximum Gasteiger partial charge on any atom is 0.264 e. The molecule has 4 heteroatoms. The van der Waals surface area contributed by atoms with Gasteiger partial charge in [0.1, 0.15) is 6.07 Å². The fraction of sp³-hybridized carbons (Fsp3) is 0.273. The number of benzene rings is 1. The van der Waals surface area contributed by atoms with Crippen molar-refractivity contribution >= 4 is 11.6 Å². The number of anilines is 1. The van der Waals surface area contributed by atoms with Crippen LogP contribution in [0, 0.1) is 11.3 Å². The first kappa shape index (κ1) is 9.69. The monoisotopic (exact) mass is 201 g/mol. The largest absolute Gasteiger partial charge is 0.323 e. The van der Waals surface area contributed by atoms with E-state index in [9.17, 15) is 10.1 Å². The van der Waals surface area contributed by atoms with Crippen LogP contribution in [-0.2, 0) is 10.3 Å². The van der Waals surface area contributed by atoms with Crippen LogP contribution in [0.1, 0.15) is 12.5 Å². The summed E-state index contributed by atoms with van der Waals surface area (Å²) in [6, 6.07) is 9.30. The van der Waals surface area contributed by atoms with Gasteiger partial charge in [0.2, 0.25) is 5.54 Å². The molecular formula is C11H11N3O. The van der Waals surface area contributed by atoms with Gasteiger partial charge in [0, 0.05) is 11.3 Å². The summed E-state index contributed by atoms with van der Waals surface area (Å²) in [6.45, 7) is 2.43. The molecule has 2 rings (SSSR count). The number of hydrogen-bond donors (Lipinski definition) is 2. The summed E-state index contributed by atoms with van der Waals surface area (Å²) < 4.78 is 0. The maximum atomic E-state index is 11.8. The van der Waals surface area contributed by atoms with E-state index in [2.05, 4.69) is 16.7 Å². The minimum absolute atomic E-state index is 0.298. The molecule has 0 saturated carbocycles. The lowest BCUT2D eigenvalue weighted by Crippen LogP contribution is -2.46. The summed E-state index contributed by atoms with van der Waals surface area (Å²) in [4.78, 5) is 11.8. The van der Waals surface area contributed by atoms with Crippen LogP contribution in [-0.4, -0.2) is 12.5 Å². The van der Waals surface area contributed by atoms with E-state index in [1.165, 1.54) is 0 Å². The standard InChI is InChI=1S/C11H11N3O/c1-2-13-11(7-12)8-5-3-4-6-9(8)14-10(11)15/h3-6,13H,2H2,1H3,(H,14,15)/t11-/m0/s1. The molecule has 1 aromatic rings. The Bertz CT molecular complexity index is 449. The highest BCUT2D eigenvalue weighted by atomic mass is 16.2. The molecule has 0 fully saturated rings. The Morgan fingerprint density at radius 1 is 1.53 bits per heavy atom. The molecule has 1 heterocycles. The van der Waals surface area contributed by atoms with Crippen molar-refractivity contribution in [3.63, 3.8) is 0 Å². The number of carbonyl (C=O) groups excluding carboxylic acids is 1. The second-order valence-electron chi connectivity index (χ2n) is 3.39. The number of hydrogen-bond acceptors (Lipinski definition) is 3. The third-order valence-electron chi connectivity index (χ3n) is 2.53. The first-order valence-electron chi connectivity index (χ1n) is 4.82. The Labute approximate surface area is 87.9 Å². The van der Waals surface area contributed by atoms with Crippen LogP contribution in [0.25, 0.3) is 0 Å². The number of nitrogens with one attached hydrogen (secondary N) is 2. The zero-order chi connectivity index (χ0) is 10.9. The lowest BCUT2D eigenvalue weighted by atomic mass is 9.93. The average Bonchev–Trinajstić information content (AvgIpc) is 2.53. The summed E-state index contributed by atoms with van der Waals surface area (Å²) in [5.74, 6) is -0.298. The molecule has 0 spiro atoms. The van der Waals surface area contributed by atoms with Crippen LogP contribution in [0.5, 0.6) is 0 Å². The normalized spacial score (nSPS) is 23.1. The zero-order valence-corrected chi connectivity index (χ0v) is 8.37. The van der Waals surface area contributed by atoms with Crippen molar-refractivity contribution in [1.82, 2.24) is 5.32 Å². The smallest absolute Gasteiger partial charge is 0.264 e. The predicted octanol–water partition coefficient (Wildman–Crippen LogP) is 0.967. The molecule has 2 N–H and O–H groups in total. The second-order valence-corrected chi connectivity index (χ2v) is 3.39. The highest BCUT2D eigenvalue weighted by Gasteiger charge is 2.46. The van der Waals surface area contributed by atoms with Gasteiger partial charge in [0.15, 0.2) is 0 Å². The van der Waals surface area contributed by atoms with Crippen molar-refractivity contribution in [1.29, 1.82) is 5.26 Å². The lowest BCUT2D eigenvalue weighted by molar-refractivity contribution is -0.120. The molecule has 1 aromatic carbocycles. The Morgan fingerprint density at radius 2 is 2.27 bits per heavy atom. The van der Waals surface area contributed by atoms with Crippen molar-refractivity contribution in [2.45, 2.75) is 12.5 Å². The number of carbonyl (C=O) groups is 1. The van der Waals surface area contributed by atoms with Gasteiger partial charge in [-0.1, -0.05) is 25.1 Å². The molecule has 1 atom stereocenters. The molecule has 1 aliphatic heterocycles. The Hall–Kier alpha value is -1.86. The van der Waals surface area contributed by atoms with E-state index in [0.717, 1.165) is 0 Å². The van der Waals surface area contributed by atoms with E-state index >= 15 is 0 Å². The summed E-state index contributed by atoms with van der Waals surface area (Å²) >= 11 is 0. The van der Waals surface area contributed by atoms with Gasteiger partial charge in [-0.25, -0.2) is 0 Å². The maximum absolute atomic E-state index is 11.8. The topological polar surface area (TPSA) is 64.9 Å². The van der Waals surface area contributed by atoms with E-state index < -0.39 is 5.54 Å². The van der Waals surface area contributed by atoms with Gasteiger partial charge >= 0.3 is 0 Å². The van der Waals surface area contributed by atoms with Crippen LogP contribution in [0.3, 0.4) is 0 Å². The summed E-state index contributed by atoms with van der Waals surface area (Å²) in [7, 11) is 0. The molecular weight excluding hydrogens is 190 g/mol. The predicted molar refractivity (Wildman–Crippen MR) is 56.0 cm³/mol. The van der Waals surface area contributed by atoms with Crippen molar-refractivity contribution in [2.75, 3.05) is 11.9 Å². The number of rotatable bonds is 2. The van der Waals surface area contributed by atoms with Crippen molar-refractivity contribution in [3.05, 3.63) is 29.8 Å². The van der Waals surface area contributed by atoms with Crippen molar-refractivity contribution in [2.24, 2.45) is 0 Å². The summed E-state index contributed by atoms with van der Waals surface area (Å²) in [5.41, 5.74) is 0.204. The molecule has 0 aromatic heterocycles. The molecule has 1 aliphatic rings.